The van der Waals surface area contributed by atoms with Crippen molar-refractivity contribution in [1.29, 1.82) is 0 Å². The third-order valence-electron chi connectivity index (χ3n) is 6.40. The zero-order valence-corrected chi connectivity index (χ0v) is 20.1. The number of aromatic nitrogens is 1. The fourth-order valence-corrected chi connectivity index (χ4v) is 4.34. The number of para-hydroxylation sites is 1. The number of carbonyl (C=O) groups excluding carboxylic acids is 1. The topological polar surface area (TPSA) is 42.3 Å². The molecule has 0 saturated heterocycles. The predicted octanol–water partition coefficient (Wildman–Crippen LogP) is 6.52. The maximum atomic E-state index is 13.7. The number of pyridine rings is 1. The average molecular weight is 475 g/mol. The molecule has 0 unspecified atom stereocenters. The number of amides is 1. The third-order valence-corrected chi connectivity index (χ3v) is 6.40. The van der Waals surface area contributed by atoms with Gasteiger partial charge in [-0.25, -0.2) is 8.78 Å². The van der Waals surface area contributed by atoms with E-state index in [4.69, 9.17) is 0 Å². The summed E-state index contributed by atoms with van der Waals surface area (Å²) >= 11 is 0. The number of hydrogen-bond donors (Lipinski definition) is 0. The summed E-state index contributed by atoms with van der Waals surface area (Å²) < 4.78 is 27.8. The molecule has 0 aliphatic rings. The van der Waals surface area contributed by atoms with Crippen LogP contribution in [0.5, 0.6) is 0 Å². The van der Waals surface area contributed by atoms with Crippen LogP contribution in [0.15, 0.2) is 77.6 Å². The molecular formula is C29H28F2N2O2. The van der Waals surface area contributed by atoms with Crippen molar-refractivity contribution in [3.63, 3.8) is 0 Å². The molecule has 3 aromatic carbocycles. The van der Waals surface area contributed by atoms with Gasteiger partial charge in [0.1, 0.15) is 5.56 Å². The summed E-state index contributed by atoms with van der Waals surface area (Å²) in [5.74, 6) is -0.369. The van der Waals surface area contributed by atoms with Crippen LogP contribution in [0.1, 0.15) is 52.9 Å². The molecule has 1 aromatic heterocycles. The van der Waals surface area contributed by atoms with Crippen molar-refractivity contribution in [3.05, 3.63) is 111 Å². The molecule has 4 rings (SSSR count). The second-order valence-electron chi connectivity index (χ2n) is 8.56. The minimum absolute atomic E-state index is 0.0555. The quantitative estimate of drug-likeness (QED) is 0.306. The van der Waals surface area contributed by atoms with Gasteiger partial charge in [-0.3, -0.25) is 9.59 Å². The molecule has 0 bridgehead atoms. The van der Waals surface area contributed by atoms with Crippen molar-refractivity contribution in [2.24, 2.45) is 0 Å². The second-order valence-corrected chi connectivity index (χ2v) is 8.56. The molecule has 0 aliphatic carbocycles. The molecule has 6 heteroatoms. The summed E-state index contributed by atoms with van der Waals surface area (Å²) in [5, 5.41) is 0.759. The maximum absolute atomic E-state index is 13.7. The highest BCUT2D eigenvalue weighted by Crippen LogP contribution is 2.24. The van der Waals surface area contributed by atoms with Crippen LogP contribution in [0.3, 0.4) is 0 Å². The molecule has 0 saturated carbocycles. The van der Waals surface area contributed by atoms with Crippen molar-refractivity contribution in [2.45, 2.75) is 40.2 Å². The van der Waals surface area contributed by atoms with Crippen LogP contribution in [0.25, 0.3) is 10.9 Å². The third kappa shape index (κ3) is 4.87. The van der Waals surface area contributed by atoms with Crippen LogP contribution in [0.4, 0.5) is 14.5 Å². The number of hydrogen-bond acceptors (Lipinski definition) is 2. The summed E-state index contributed by atoms with van der Waals surface area (Å²) in [5.41, 5.74) is 3.60. The van der Waals surface area contributed by atoms with E-state index in [1.807, 2.05) is 55.5 Å². The van der Waals surface area contributed by atoms with Crippen LogP contribution in [0, 0.1) is 6.92 Å². The van der Waals surface area contributed by atoms with E-state index < -0.39 is 12.0 Å². The van der Waals surface area contributed by atoms with Crippen LogP contribution in [0.2, 0.25) is 0 Å². The highest BCUT2D eigenvalue weighted by atomic mass is 19.3. The summed E-state index contributed by atoms with van der Waals surface area (Å²) in [7, 11) is 0. The molecule has 0 atom stereocenters. The Bertz CT molecular complexity index is 1430. The van der Waals surface area contributed by atoms with Crippen LogP contribution in [-0.4, -0.2) is 17.0 Å². The molecule has 0 spiro atoms. The lowest BCUT2D eigenvalue weighted by Gasteiger charge is -2.22. The first kappa shape index (κ1) is 24.3. The lowest BCUT2D eigenvalue weighted by molar-refractivity contribution is 0.0986. The number of anilines is 1. The highest BCUT2D eigenvalue weighted by Gasteiger charge is 2.22. The molecule has 1 heterocycles. The van der Waals surface area contributed by atoms with Crippen molar-refractivity contribution in [1.82, 2.24) is 4.57 Å². The Morgan fingerprint density at radius 2 is 1.69 bits per heavy atom. The van der Waals surface area contributed by atoms with Crippen molar-refractivity contribution in [3.8, 4) is 0 Å². The maximum Gasteiger partial charge on any atom is 0.264 e. The van der Waals surface area contributed by atoms with E-state index in [1.54, 1.807) is 28.5 Å². The molecule has 1 amide bonds. The number of rotatable bonds is 7. The molecular weight excluding hydrogens is 446 g/mol. The first-order chi connectivity index (χ1) is 16.8. The Kier molecular flexibility index (Phi) is 7.10. The molecule has 4 nitrogen and oxygen atoms in total. The van der Waals surface area contributed by atoms with Gasteiger partial charge in [0.05, 0.1) is 12.1 Å². The second kappa shape index (κ2) is 10.2. The van der Waals surface area contributed by atoms with Crippen LogP contribution in [-0.2, 0) is 13.0 Å². The first-order valence-corrected chi connectivity index (χ1v) is 11.7. The van der Waals surface area contributed by atoms with Crippen molar-refractivity contribution in [2.75, 3.05) is 11.4 Å². The van der Waals surface area contributed by atoms with Gasteiger partial charge in [-0.05, 0) is 66.6 Å². The van der Waals surface area contributed by atoms with E-state index in [1.165, 1.54) is 17.7 Å². The lowest BCUT2D eigenvalue weighted by atomic mass is 10.0. The number of fused-ring (bicyclic) bond motifs is 1. The van der Waals surface area contributed by atoms with E-state index in [0.717, 1.165) is 23.1 Å². The molecule has 0 fully saturated rings. The molecule has 4 aromatic rings. The number of aryl methyl sites for hydroxylation is 2. The van der Waals surface area contributed by atoms with E-state index in [2.05, 4.69) is 6.92 Å². The highest BCUT2D eigenvalue weighted by molar-refractivity contribution is 6.07. The average Bonchev–Trinajstić information content (AvgIpc) is 2.87. The smallest absolute Gasteiger partial charge is 0.264 e. The number of halogens is 2. The van der Waals surface area contributed by atoms with Gasteiger partial charge >= 0.3 is 0 Å². The van der Waals surface area contributed by atoms with Gasteiger partial charge in [0.25, 0.3) is 17.9 Å². The zero-order valence-electron chi connectivity index (χ0n) is 20.1. The Balaban J connectivity index is 1.80. The molecule has 0 radical (unpaired) electrons. The summed E-state index contributed by atoms with van der Waals surface area (Å²) in [6.45, 7) is 6.28. The van der Waals surface area contributed by atoms with E-state index in [-0.39, 0.29) is 23.6 Å². The minimum atomic E-state index is -2.56. The predicted molar refractivity (Wildman–Crippen MR) is 137 cm³/mol. The van der Waals surface area contributed by atoms with Gasteiger partial charge in [-0.15, -0.1) is 0 Å². The van der Waals surface area contributed by atoms with Gasteiger partial charge in [-0.1, -0.05) is 55.5 Å². The van der Waals surface area contributed by atoms with Gasteiger partial charge < -0.3 is 9.47 Å². The summed E-state index contributed by atoms with van der Waals surface area (Å²) in [6, 6.07) is 21.2. The van der Waals surface area contributed by atoms with E-state index in [9.17, 15) is 18.4 Å². The molecule has 180 valence electrons. The Morgan fingerprint density at radius 1 is 0.971 bits per heavy atom. The minimum Gasteiger partial charge on any atom is -0.308 e. The first-order valence-electron chi connectivity index (χ1n) is 11.7. The molecule has 35 heavy (non-hydrogen) atoms. The number of carbonyl (C=O) groups is 1. The fourth-order valence-electron chi connectivity index (χ4n) is 4.34. The molecule has 0 aliphatic heterocycles. The van der Waals surface area contributed by atoms with Gasteiger partial charge in [0.2, 0.25) is 0 Å². The van der Waals surface area contributed by atoms with E-state index in [0.29, 0.717) is 17.6 Å². The van der Waals surface area contributed by atoms with Crippen molar-refractivity contribution < 1.29 is 13.6 Å². The zero-order chi connectivity index (χ0) is 25.1. The largest absolute Gasteiger partial charge is 0.308 e. The SMILES string of the molecule is CCc1ccc(N(CC)C(=O)c2cc3ccccc3n(Cc3ccc(C(F)F)cc3C)c2=O)cc1. The number of benzene rings is 3. The van der Waals surface area contributed by atoms with Crippen LogP contribution < -0.4 is 10.5 Å². The number of nitrogens with zero attached hydrogens (tertiary/aromatic N) is 2. The Labute approximate surface area is 203 Å². The summed E-state index contributed by atoms with van der Waals surface area (Å²) in [6.07, 6.45) is -1.66. The Hall–Kier alpha value is -3.80. The Morgan fingerprint density at radius 3 is 2.31 bits per heavy atom. The standard InChI is InChI=1S/C29H28F2N2O2/c1-4-20-10-14-24(15-11-20)32(5-2)28(34)25-17-21-8-6-7-9-26(21)33(29(25)35)18-23-13-12-22(27(30)31)16-19(23)3/h6-17,27H,4-5,18H2,1-3H3. The summed E-state index contributed by atoms with van der Waals surface area (Å²) in [4.78, 5) is 28.9. The lowest BCUT2D eigenvalue weighted by Crippen LogP contribution is -2.37. The van der Waals surface area contributed by atoms with Gasteiger partial charge in [0, 0.05) is 17.8 Å². The number of alkyl halides is 2. The fraction of sp³-hybridized carbons (Fsp3) is 0.241. The normalized spacial score (nSPS) is 11.3. The van der Waals surface area contributed by atoms with Gasteiger partial charge in [-0.2, -0.15) is 0 Å². The van der Waals surface area contributed by atoms with Gasteiger partial charge in [0.15, 0.2) is 0 Å². The van der Waals surface area contributed by atoms with E-state index >= 15 is 0 Å². The molecule has 0 N–H and O–H groups in total. The van der Waals surface area contributed by atoms with Crippen molar-refractivity contribution >= 4 is 22.5 Å². The van der Waals surface area contributed by atoms with Crippen LogP contribution >= 0.6 is 0 Å². The monoisotopic (exact) mass is 474 g/mol.